The third-order valence-electron chi connectivity index (χ3n) is 3.62. The smallest absolute Gasteiger partial charge is 0.264 e. The summed E-state index contributed by atoms with van der Waals surface area (Å²) in [4.78, 5) is 13.3. The molecule has 2 aromatic carbocycles. The van der Waals surface area contributed by atoms with Gasteiger partial charge >= 0.3 is 0 Å². The number of amides is 1. The number of benzene rings is 2. The van der Waals surface area contributed by atoms with E-state index in [1.165, 1.54) is 18.1 Å². The molecule has 140 valence electrons. The Labute approximate surface area is 171 Å². The molecule has 0 aliphatic heterocycles. The number of methoxy groups -OCH3 is 1. The number of carbonyl (C=O) groups excluding carboxylic acids is 1. The highest BCUT2D eigenvalue weighted by Gasteiger charge is 2.15. The second-order valence-corrected chi connectivity index (χ2v) is 7.14. The highest BCUT2D eigenvalue weighted by atomic mass is 79.9. The normalized spacial score (nSPS) is 10.9. The van der Waals surface area contributed by atoms with E-state index in [1.807, 2.05) is 30.3 Å². The predicted molar refractivity (Wildman–Crippen MR) is 109 cm³/mol. The van der Waals surface area contributed by atoms with Crippen LogP contribution < -0.4 is 9.47 Å². The molecule has 0 spiro atoms. The lowest BCUT2D eigenvalue weighted by molar-refractivity contribution is -0.124. The summed E-state index contributed by atoms with van der Waals surface area (Å²) < 4.78 is 12.2. The molecular formula is C20H18BrClN2O3. The number of likely N-dealkylation sites (N-methyl/N-ethyl adjacent to an activating group) is 1. The van der Waals surface area contributed by atoms with Gasteiger partial charge in [-0.1, -0.05) is 39.7 Å². The minimum absolute atomic E-state index is 0.00153. The van der Waals surface area contributed by atoms with Crippen molar-refractivity contribution in [2.75, 3.05) is 21.2 Å². The average molecular weight is 450 g/mol. The quantitative estimate of drug-likeness (QED) is 0.474. The van der Waals surface area contributed by atoms with Crippen LogP contribution in [-0.4, -0.2) is 32.0 Å². The maximum atomic E-state index is 12.0. The number of hydrogen-bond donors (Lipinski definition) is 0. The predicted octanol–water partition coefficient (Wildman–Crippen LogP) is 4.69. The van der Waals surface area contributed by atoms with Gasteiger partial charge in [-0.2, -0.15) is 5.26 Å². The van der Waals surface area contributed by atoms with E-state index in [1.54, 1.807) is 26.2 Å². The van der Waals surface area contributed by atoms with Crippen molar-refractivity contribution < 1.29 is 14.3 Å². The number of carbonyl (C=O) groups is 1. The molecule has 0 atom stereocenters. The molecular weight excluding hydrogens is 432 g/mol. The lowest BCUT2D eigenvalue weighted by atomic mass is 10.1. The van der Waals surface area contributed by atoms with Crippen molar-refractivity contribution in [3.63, 3.8) is 0 Å². The lowest BCUT2D eigenvalue weighted by Crippen LogP contribution is -2.22. The third-order valence-corrected chi connectivity index (χ3v) is 4.43. The zero-order valence-corrected chi connectivity index (χ0v) is 17.5. The standard InChI is InChI=1S/C20H18BrClN2O3/c1-24(2)20(25)15(11-23)8-14-9-17(22)19(18(10-14)26-3)27-12-13-4-6-16(21)7-5-13/h4-10H,12H2,1-3H3/b15-8-. The van der Waals surface area contributed by atoms with Gasteiger partial charge < -0.3 is 14.4 Å². The molecule has 0 unspecified atom stereocenters. The molecule has 0 aliphatic rings. The summed E-state index contributed by atoms with van der Waals surface area (Å²) in [6, 6.07) is 12.9. The zero-order valence-electron chi connectivity index (χ0n) is 15.1. The van der Waals surface area contributed by atoms with Crippen LogP contribution in [0.25, 0.3) is 6.08 Å². The summed E-state index contributed by atoms with van der Waals surface area (Å²) in [5.74, 6) is 0.431. The van der Waals surface area contributed by atoms with Crippen LogP contribution in [0, 0.1) is 11.3 Å². The van der Waals surface area contributed by atoms with Crippen LogP contribution in [-0.2, 0) is 11.4 Å². The largest absolute Gasteiger partial charge is 0.493 e. The second kappa shape index (κ2) is 9.45. The first-order valence-electron chi connectivity index (χ1n) is 7.94. The van der Waals surface area contributed by atoms with Crippen molar-refractivity contribution in [2.45, 2.75) is 6.61 Å². The van der Waals surface area contributed by atoms with E-state index in [4.69, 9.17) is 21.1 Å². The van der Waals surface area contributed by atoms with Crippen LogP contribution >= 0.6 is 27.5 Å². The Balaban J connectivity index is 2.30. The molecule has 0 radical (unpaired) electrons. The summed E-state index contributed by atoms with van der Waals surface area (Å²) in [5, 5.41) is 9.55. The Morgan fingerprint density at radius 1 is 1.30 bits per heavy atom. The fourth-order valence-corrected chi connectivity index (χ4v) is 2.79. The maximum Gasteiger partial charge on any atom is 0.264 e. The van der Waals surface area contributed by atoms with E-state index in [9.17, 15) is 10.1 Å². The zero-order chi connectivity index (χ0) is 20.0. The summed E-state index contributed by atoms with van der Waals surface area (Å²) >= 11 is 9.74. The van der Waals surface area contributed by atoms with E-state index in [2.05, 4.69) is 15.9 Å². The minimum atomic E-state index is -0.386. The molecule has 0 aliphatic carbocycles. The van der Waals surface area contributed by atoms with E-state index < -0.39 is 0 Å². The molecule has 0 heterocycles. The highest BCUT2D eigenvalue weighted by Crippen LogP contribution is 2.37. The SMILES string of the molecule is COc1cc(/C=C(/C#N)C(=O)N(C)C)cc(Cl)c1OCc1ccc(Br)cc1. The van der Waals surface area contributed by atoms with Crippen LogP contribution in [0.2, 0.25) is 5.02 Å². The van der Waals surface area contributed by atoms with E-state index >= 15 is 0 Å². The lowest BCUT2D eigenvalue weighted by Gasteiger charge is -2.14. The van der Waals surface area contributed by atoms with Crippen LogP contribution in [0.5, 0.6) is 11.5 Å². The molecule has 0 N–H and O–H groups in total. The number of hydrogen-bond acceptors (Lipinski definition) is 4. The van der Waals surface area contributed by atoms with E-state index in [0.29, 0.717) is 28.7 Å². The number of ether oxygens (including phenoxy) is 2. The van der Waals surface area contributed by atoms with Crippen molar-refractivity contribution in [1.82, 2.24) is 4.90 Å². The molecule has 7 heteroatoms. The molecule has 1 amide bonds. The summed E-state index contributed by atoms with van der Waals surface area (Å²) in [6.07, 6.45) is 1.47. The van der Waals surface area contributed by atoms with Gasteiger partial charge in [0.2, 0.25) is 0 Å². The molecule has 0 aromatic heterocycles. The van der Waals surface area contributed by atoms with Gasteiger partial charge in [0.15, 0.2) is 11.5 Å². The Morgan fingerprint density at radius 2 is 1.96 bits per heavy atom. The molecule has 2 aromatic rings. The van der Waals surface area contributed by atoms with E-state index in [0.717, 1.165) is 10.0 Å². The summed E-state index contributed by atoms with van der Waals surface area (Å²) in [7, 11) is 4.67. The summed E-state index contributed by atoms with van der Waals surface area (Å²) in [6.45, 7) is 0.321. The van der Waals surface area contributed by atoms with Gasteiger partial charge in [-0.3, -0.25) is 4.79 Å². The van der Waals surface area contributed by atoms with Gasteiger partial charge in [-0.15, -0.1) is 0 Å². The van der Waals surface area contributed by atoms with Crippen LogP contribution in [0.1, 0.15) is 11.1 Å². The fraction of sp³-hybridized carbons (Fsp3) is 0.200. The Morgan fingerprint density at radius 3 is 2.52 bits per heavy atom. The van der Waals surface area contributed by atoms with Crippen molar-refractivity contribution in [2.24, 2.45) is 0 Å². The Kier molecular flexibility index (Phi) is 7.28. The molecule has 0 saturated carbocycles. The molecule has 0 fully saturated rings. The van der Waals surface area contributed by atoms with Gasteiger partial charge in [0.25, 0.3) is 5.91 Å². The fourth-order valence-electron chi connectivity index (χ4n) is 2.25. The molecule has 2 rings (SSSR count). The van der Waals surface area contributed by atoms with Crippen LogP contribution in [0.15, 0.2) is 46.4 Å². The van der Waals surface area contributed by atoms with Crippen LogP contribution in [0.3, 0.4) is 0 Å². The number of rotatable bonds is 6. The highest BCUT2D eigenvalue weighted by molar-refractivity contribution is 9.10. The molecule has 5 nitrogen and oxygen atoms in total. The Hall–Kier alpha value is -2.49. The average Bonchev–Trinajstić information content (AvgIpc) is 2.65. The first-order chi connectivity index (χ1) is 12.8. The van der Waals surface area contributed by atoms with Gasteiger partial charge in [-0.05, 0) is 41.5 Å². The molecule has 0 bridgehead atoms. The number of nitrogens with zero attached hydrogens (tertiary/aromatic N) is 2. The second-order valence-electron chi connectivity index (χ2n) is 5.82. The minimum Gasteiger partial charge on any atom is -0.493 e. The van der Waals surface area contributed by atoms with Gasteiger partial charge in [0, 0.05) is 18.6 Å². The van der Waals surface area contributed by atoms with Gasteiger partial charge in [0.05, 0.1) is 12.1 Å². The first-order valence-corrected chi connectivity index (χ1v) is 9.11. The van der Waals surface area contributed by atoms with Crippen molar-refractivity contribution in [3.05, 3.63) is 62.6 Å². The van der Waals surface area contributed by atoms with Gasteiger partial charge in [0.1, 0.15) is 18.2 Å². The monoisotopic (exact) mass is 448 g/mol. The van der Waals surface area contributed by atoms with Crippen molar-refractivity contribution in [3.8, 4) is 17.6 Å². The molecule has 27 heavy (non-hydrogen) atoms. The topological polar surface area (TPSA) is 62.6 Å². The van der Waals surface area contributed by atoms with Crippen LogP contribution in [0.4, 0.5) is 0 Å². The first kappa shape index (κ1) is 20.8. The number of nitriles is 1. The third kappa shape index (κ3) is 5.49. The van der Waals surface area contributed by atoms with Crippen molar-refractivity contribution in [1.29, 1.82) is 5.26 Å². The van der Waals surface area contributed by atoms with Gasteiger partial charge in [-0.25, -0.2) is 0 Å². The van der Waals surface area contributed by atoms with E-state index in [-0.39, 0.29) is 11.5 Å². The summed E-state index contributed by atoms with van der Waals surface area (Å²) in [5.41, 5.74) is 1.55. The maximum absolute atomic E-state index is 12.0. The Bertz CT molecular complexity index is 903. The number of halogens is 2. The van der Waals surface area contributed by atoms with Crippen molar-refractivity contribution >= 4 is 39.5 Å². The molecule has 0 saturated heterocycles.